The van der Waals surface area contributed by atoms with Crippen molar-refractivity contribution in [2.75, 3.05) is 20.3 Å². The van der Waals surface area contributed by atoms with Gasteiger partial charge in [-0.25, -0.2) is 0 Å². The molecule has 14 heavy (non-hydrogen) atoms. The highest BCUT2D eigenvalue weighted by atomic mass is 16.5. The molecule has 1 unspecified atom stereocenters. The average molecular weight is 200 g/mol. The SMILES string of the molecule is COC1(C(O)C2CCOCC2)CCC1. The number of aliphatic hydroxyl groups is 1. The molecule has 2 fully saturated rings. The number of aliphatic hydroxyl groups excluding tert-OH is 1. The molecule has 0 bridgehead atoms. The summed E-state index contributed by atoms with van der Waals surface area (Å²) >= 11 is 0. The van der Waals surface area contributed by atoms with Crippen molar-refractivity contribution in [3.8, 4) is 0 Å². The minimum atomic E-state index is -0.287. The van der Waals surface area contributed by atoms with E-state index in [0.29, 0.717) is 5.92 Å². The van der Waals surface area contributed by atoms with Crippen LogP contribution in [0.3, 0.4) is 0 Å². The zero-order valence-corrected chi connectivity index (χ0v) is 8.87. The lowest BCUT2D eigenvalue weighted by Crippen LogP contribution is -2.53. The average Bonchev–Trinajstić information content (AvgIpc) is 2.18. The van der Waals surface area contributed by atoms with Gasteiger partial charge in [0.25, 0.3) is 0 Å². The van der Waals surface area contributed by atoms with E-state index in [2.05, 4.69) is 0 Å². The number of rotatable bonds is 3. The van der Waals surface area contributed by atoms with Crippen LogP contribution in [0.25, 0.3) is 0 Å². The first-order chi connectivity index (χ1) is 6.78. The van der Waals surface area contributed by atoms with Crippen molar-refractivity contribution < 1.29 is 14.6 Å². The van der Waals surface area contributed by atoms with Gasteiger partial charge in [0.15, 0.2) is 0 Å². The van der Waals surface area contributed by atoms with E-state index in [1.165, 1.54) is 6.42 Å². The Kier molecular flexibility index (Phi) is 3.10. The molecule has 1 saturated heterocycles. The molecule has 1 atom stereocenters. The van der Waals surface area contributed by atoms with Gasteiger partial charge in [-0.3, -0.25) is 0 Å². The van der Waals surface area contributed by atoms with Gasteiger partial charge < -0.3 is 14.6 Å². The topological polar surface area (TPSA) is 38.7 Å². The molecule has 1 aliphatic carbocycles. The summed E-state index contributed by atoms with van der Waals surface area (Å²) in [5, 5.41) is 10.3. The first-order valence-electron chi connectivity index (χ1n) is 5.59. The third-order valence-corrected chi connectivity index (χ3v) is 3.86. The Bertz CT molecular complexity index is 177. The molecule has 3 heteroatoms. The van der Waals surface area contributed by atoms with Gasteiger partial charge >= 0.3 is 0 Å². The zero-order valence-electron chi connectivity index (χ0n) is 8.87. The summed E-state index contributed by atoms with van der Waals surface area (Å²) in [7, 11) is 1.72. The minimum Gasteiger partial charge on any atom is -0.390 e. The molecular weight excluding hydrogens is 180 g/mol. The Morgan fingerprint density at radius 2 is 2.00 bits per heavy atom. The molecular formula is C11H20O3. The predicted octanol–water partition coefficient (Wildman–Crippen LogP) is 1.34. The summed E-state index contributed by atoms with van der Waals surface area (Å²) < 4.78 is 10.8. The van der Waals surface area contributed by atoms with Crippen molar-refractivity contribution in [1.29, 1.82) is 0 Å². The lowest BCUT2D eigenvalue weighted by Gasteiger charge is -2.47. The van der Waals surface area contributed by atoms with Gasteiger partial charge in [-0.15, -0.1) is 0 Å². The molecule has 0 amide bonds. The highest BCUT2D eigenvalue weighted by Gasteiger charge is 2.47. The van der Waals surface area contributed by atoms with Crippen LogP contribution < -0.4 is 0 Å². The van der Waals surface area contributed by atoms with Crippen LogP contribution in [0.15, 0.2) is 0 Å². The third-order valence-electron chi connectivity index (χ3n) is 3.86. The molecule has 3 nitrogen and oxygen atoms in total. The first-order valence-corrected chi connectivity index (χ1v) is 5.59. The van der Waals surface area contributed by atoms with Crippen LogP contribution in [0.1, 0.15) is 32.1 Å². The van der Waals surface area contributed by atoms with Crippen molar-refractivity contribution in [3.05, 3.63) is 0 Å². The summed E-state index contributed by atoms with van der Waals surface area (Å²) in [6.07, 6.45) is 4.89. The normalized spacial score (nSPS) is 29.6. The maximum Gasteiger partial charge on any atom is 0.0939 e. The Balaban J connectivity index is 1.94. The van der Waals surface area contributed by atoms with Gasteiger partial charge in [0.05, 0.1) is 11.7 Å². The Hall–Kier alpha value is -0.120. The van der Waals surface area contributed by atoms with E-state index >= 15 is 0 Å². The van der Waals surface area contributed by atoms with Gasteiger partial charge in [-0.2, -0.15) is 0 Å². The fourth-order valence-corrected chi connectivity index (χ4v) is 2.61. The summed E-state index contributed by atoms with van der Waals surface area (Å²) in [4.78, 5) is 0. The molecule has 0 radical (unpaired) electrons. The van der Waals surface area contributed by atoms with E-state index in [9.17, 15) is 5.11 Å². The van der Waals surface area contributed by atoms with Crippen molar-refractivity contribution >= 4 is 0 Å². The van der Waals surface area contributed by atoms with Crippen LogP contribution in [0.5, 0.6) is 0 Å². The van der Waals surface area contributed by atoms with Crippen molar-refractivity contribution in [3.63, 3.8) is 0 Å². The maximum absolute atomic E-state index is 10.3. The second-order valence-electron chi connectivity index (χ2n) is 4.52. The molecule has 0 aromatic heterocycles. The zero-order chi connectivity index (χ0) is 10.0. The van der Waals surface area contributed by atoms with E-state index in [0.717, 1.165) is 38.9 Å². The second-order valence-corrected chi connectivity index (χ2v) is 4.52. The minimum absolute atomic E-state index is 0.220. The largest absolute Gasteiger partial charge is 0.390 e. The molecule has 2 rings (SSSR count). The fourth-order valence-electron chi connectivity index (χ4n) is 2.61. The maximum atomic E-state index is 10.3. The van der Waals surface area contributed by atoms with Crippen molar-refractivity contribution in [2.45, 2.75) is 43.8 Å². The number of ether oxygens (including phenoxy) is 2. The van der Waals surface area contributed by atoms with Gasteiger partial charge in [0.1, 0.15) is 0 Å². The molecule has 0 aromatic carbocycles. The highest BCUT2D eigenvalue weighted by molar-refractivity contribution is 4.98. The monoisotopic (exact) mass is 200 g/mol. The first kappa shape index (κ1) is 10.4. The number of methoxy groups -OCH3 is 1. The summed E-state index contributed by atoms with van der Waals surface area (Å²) in [5.41, 5.74) is -0.220. The molecule has 1 saturated carbocycles. The summed E-state index contributed by atoms with van der Waals surface area (Å²) in [6, 6.07) is 0. The number of hydrogen-bond donors (Lipinski definition) is 1. The second kappa shape index (κ2) is 4.17. The molecule has 82 valence electrons. The van der Waals surface area contributed by atoms with E-state index in [4.69, 9.17) is 9.47 Å². The lowest BCUT2D eigenvalue weighted by molar-refractivity contribution is -0.175. The highest BCUT2D eigenvalue weighted by Crippen LogP contribution is 2.42. The standard InChI is InChI=1S/C11H20O3/c1-13-11(5-2-6-11)10(12)9-3-7-14-8-4-9/h9-10,12H,2-8H2,1H3. The van der Waals surface area contributed by atoms with Gasteiger partial charge in [0.2, 0.25) is 0 Å². The van der Waals surface area contributed by atoms with Crippen LogP contribution in [-0.4, -0.2) is 37.1 Å². The van der Waals surface area contributed by atoms with E-state index in [1.807, 2.05) is 0 Å². The molecule has 1 N–H and O–H groups in total. The quantitative estimate of drug-likeness (QED) is 0.747. The Labute approximate surface area is 85.4 Å². The van der Waals surface area contributed by atoms with E-state index in [-0.39, 0.29) is 11.7 Å². The van der Waals surface area contributed by atoms with Crippen molar-refractivity contribution in [1.82, 2.24) is 0 Å². The number of hydrogen-bond acceptors (Lipinski definition) is 3. The lowest BCUT2D eigenvalue weighted by atomic mass is 9.70. The fraction of sp³-hybridized carbons (Fsp3) is 1.00. The van der Waals surface area contributed by atoms with Crippen molar-refractivity contribution in [2.24, 2.45) is 5.92 Å². The smallest absolute Gasteiger partial charge is 0.0939 e. The molecule has 1 aliphatic heterocycles. The molecule has 1 heterocycles. The van der Waals surface area contributed by atoms with Crippen LogP contribution in [0.4, 0.5) is 0 Å². The van der Waals surface area contributed by atoms with E-state index < -0.39 is 0 Å². The van der Waals surface area contributed by atoms with Crippen LogP contribution in [-0.2, 0) is 9.47 Å². The summed E-state index contributed by atoms with van der Waals surface area (Å²) in [6.45, 7) is 1.59. The Morgan fingerprint density at radius 3 is 2.43 bits per heavy atom. The molecule has 0 aromatic rings. The molecule has 2 aliphatic rings. The van der Waals surface area contributed by atoms with Gasteiger partial charge in [-0.05, 0) is 38.0 Å². The van der Waals surface area contributed by atoms with Crippen LogP contribution in [0, 0.1) is 5.92 Å². The van der Waals surface area contributed by atoms with Crippen LogP contribution >= 0.6 is 0 Å². The van der Waals surface area contributed by atoms with Gasteiger partial charge in [0, 0.05) is 20.3 Å². The van der Waals surface area contributed by atoms with Gasteiger partial charge in [-0.1, -0.05) is 0 Å². The van der Waals surface area contributed by atoms with E-state index in [1.54, 1.807) is 7.11 Å². The van der Waals surface area contributed by atoms with Crippen LogP contribution in [0.2, 0.25) is 0 Å². The summed E-state index contributed by atoms with van der Waals surface area (Å²) in [5.74, 6) is 0.379. The third kappa shape index (κ3) is 1.69. The predicted molar refractivity (Wildman–Crippen MR) is 53.1 cm³/mol. The Morgan fingerprint density at radius 1 is 1.36 bits per heavy atom. The molecule has 0 spiro atoms.